The zero-order chi connectivity index (χ0) is 23.7. The maximum atomic E-state index is 6.15. The van der Waals surface area contributed by atoms with Crippen LogP contribution in [0.15, 0.2) is 109 Å². The van der Waals surface area contributed by atoms with Crippen molar-refractivity contribution in [2.24, 2.45) is 5.92 Å². The molecule has 1 fully saturated rings. The number of nitrogens with zero attached hydrogens (tertiary/aromatic N) is 2. The summed E-state index contributed by atoms with van der Waals surface area (Å²) in [7, 11) is 0. The monoisotopic (exact) mass is 458 g/mol. The van der Waals surface area contributed by atoms with Crippen molar-refractivity contribution in [1.29, 1.82) is 0 Å². The molecule has 0 N–H and O–H groups in total. The molecule has 0 saturated heterocycles. The van der Waals surface area contributed by atoms with E-state index in [0.29, 0.717) is 0 Å². The SMILES string of the molecule is CCc1nn(C(c2ccccc2)(c2ccccc2)c2ccccc2)c2ccc(OCC3CC3)cc12. The summed E-state index contributed by atoms with van der Waals surface area (Å²) in [6.45, 7) is 2.99. The van der Waals surface area contributed by atoms with Gasteiger partial charge in [-0.3, -0.25) is 0 Å². The number of hydrogen-bond donors (Lipinski definition) is 0. The van der Waals surface area contributed by atoms with Crippen LogP contribution in [0.3, 0.4) is 0 Å². The Balaban J connectivity index is 1.65. The first-order valence-electron chi connectivity index (χ1n) is 12.6. The molecule has 0 unspecified atom stereocenters. The second kappa shape index (κ2) is 9.07. The average molecular weight is 459 g/mol. The van der Waals surface area contributed by atoms with Crippen molar-refractivity contribution in [3.05, 3.63) is 132 Å². The van der Waals surface area contributed by atoms with Crippen LogP contribution in [0.5, 0.6) is 5.75 Å². The van der Waals surface area contributed by atoms with Crippen LogP contribution >= 0.6 is 0 Å². The number of rotatable bonds is 8. The zero-order valence-electron chi connectivity index (χ0n) is 20.1. The number of benzene rings is 4. The molecule has 3 nitrogen and oxygen atoms in total. The second-order valence-corrected chi connectivity index (χ2v) is 9.45. The van der Waals surface area contributed by atoms with E-state index in [4.69, 9.17) is 9.84 Å². The predicted molar refractivity (Wildman–Crippen MR) is 142 cm³/mol. The fourth-order valence-electron chi connectivity index (χ4n) is 5.17. The molecule has 5 aromatic rings. The van der Waals surface area contributed by atoms with E-state index in [1.165, 1.54) is 29.5 Å². The smallest absolute Gasteiger partial charge is 0.138 e. The van der Waals surface area contributed by atoms with Crippen molar-refractivity contribution in [3.8, 4) is 5.75 Å². The van der Waals surface area contributed by atoms with Crippen molar-refractivity contribution in [2.75, 3.05) is 6.61 Å². The highest BCUT2D eigenvalue weighted by Gasteiger charge is 2.40. The Morgan fingerprint density at radius 3 is 1.80 bits per heavy atom. The van der Waals surface area contributed by atoms with Crippen molar-refractivity contribution >= 4 is 10.9 Å². The fourth-order valence-corrected chi connectivity index (χ4v) is 5.17. The summed E-state index contributed by atoms with van der Waals surface area (Å²) in [5.74, 6) is 1.66. The second-order valence-electron chi connectivity index (χ2n) is 9.45. The van der Waals surface area contributed by atoms with Crippen LogP contribution in [0.2, 0.25) is 0 Å². The Bertz CT molecular complexity index is 1320. The number of aromatic nitrogens is 2. The van der Waals surface area contributed by atoms with Gasteiger partial charge in [-0.25, -0.2) is 4.68 Å². The van der Waals surface area contributed by atoms with Gasteiger partial charge >= 0.3 is 0 Å². The van der Waals surface area contributed by atoms with E-state index in [-0.39, 0.29) is 0 Å². The van der Waals surface area contributed by atoms with E-state index < -0.39 is 5.54 Å². The first kappa shape index (κ1) is 21.7. The molecule has 1 aliphatic rings. The molecule has 0 spiro atoms. The number of hydrogen-bond acceptors (Lipinski definition) is 2. The van der Waals surface area contributed by atoms with Gasteiger partial charge in [0.1, 0.15) is 11.3 Å². The van der Waals surface area contributed by atoms with E-state index in [1.807, 2.05) is 0 Å². The topological polar surface area (TPSA) is 27.1 Å². The summed E-state index contributed by atoms with van der Waals surface area (Å²) in [6, 6.07) is 38.7. The summed E-state index contributed by atoms with van der Waals surface area (Å²) >= 11 is 0. The molecule has 0 atom stereocenters. The predicted octanol–water partition coefficient (Wildman–Crippen LogP) is 7.23. The molecule has 4 aromatic carbocycles. The van der Waals surface area contributed by atoms with Crippen molar-refractivity contribution in [3.63, 3.8) is 0 Å². The standard InChI is InChI=1S/C32H30N2O/c1-2-30-29-22-28(35-23-24-18-19-24)20-21-31(29)34(33-30)32(25-12-6-3-7-13-25,26-14-8-4-9-15-26)27-16-10-5-11-17-27/h3-17,20-22,24H,2,18-19,23H2,1H3. The van der Waals surface area contributed by atoms with Crippen LogP contribution < -0.4 is 4.74 Å². The normalized spacial score (nSPS) is 13.7. The van der Waals surface area contributed by atoms with E-state index in [2.05, 4.69) is 121 Å². The van der Waals surface area contributed by atoms with Crippen LogP contribution in [0.4, 0.5) is 0 Å². The maximum absolute atomic E-state index is 6.15. The molecule has 0 radical (unpaired) electrons. The van der Waals surface area contributed by atoms with E-state index in [1.54, 1.807) is 0 Å². The molecule has 1 aromatic heterocycles. The van der Waals surface area contributed by atoms with Gasteiger partial charge in [0.2, 0.25) is 0 Å². The number of ether oxygens (including phenoxy) is 1. The van der Waals surface area contributed by atoms with Gasteiger partial charge in [0.05, 0.1) is 17.8 Å². The van der Waals surface area contributed by atoms with Gasteiger partial charge in [0.25, 0.3) is 0 Å². The van der Waals surface area contributed by atoms with Crippen LogP contribution in [-0.2, 0) is 12.0 Å². The lowest BCUT2D eigenvalue weighted by Gasteiger charge is -2.37. The lowest BCUT2D eigenvalue weighted by molar-refractivity contribution is 0.300. The first-order chi connectivity index (χ1) is 17.3. The minimum absolute atomic E-state index is 0.619. The van der Waals surface area contributed by atoms with Gasteiger partial charge in [-0.1, -0.05) is 97.9 Å². The third-order valence-corrected chi connectivity index (χ3v) is 7.14. The molecule has 1 heterocycles. The summed E-state index contributed by atoms with van der Waals surface area (Å²) in [5, 5.41) is 6.48. The number of fused-ring (bicyclic) bond motifs is 1. The third-order valence-electron chi connectivity index (χ3n) is 7.14. The molecule has 0 bridgehead atoms. The van der Waals surface area contributed by atoms with Gasteiger partial charge in [-0.05, 0) is 60.1 Å². The van der Waals surface area contributed by atoms with Crippen LogP contribution in [0, 0.1) is 5.92 Å². The van der Waals surface area contributed by atoms with Crippen molar-refractivity contribution in [1.82, 2.24) is 9.78 Å². The molecular weight excluding hydrogens is 428 g/mol. The Hall–Kier alpha value is -3.85. The molecule has 6 rings (SSSR count). The van der Waals surface area contributed by atoms with E-state index >= 15 is 0 Å². The van der Waals surface area contributed by atoms with Crippen molar-refractivity contribution in [2.45, 2.75) is 31.7 Å². The fraction of sp³-hybridized carbons (Fsp3) is 0.219. The minimum Gasteiger partial charge on any atom is -0.493 e. The molecule has 0 aliphatic heterocycles. The van der Waals surface area contributed by atoms with Crippen molar-refractivity contribution < 1.29 is 4.74 Å². The summed E-state index contributed by atoms with van der Waals surface area (Å²) in [5.41, 5.74) is 5.11. The molecule has 35 heavy (non-hydrogen) atoms. The largest absolute Gasteiger partial charge is 0.493 e. The zero-order valence-corrected chi connectivity index (χ0v) is 20.1. The molecular formula is C32H30N2O. The quantitative estimate of drug-likeness (QED) is 0.229. The Kier molecular flexibility index (Phi) is 5.61. The summed E-state index contributed by atoms with van der Waals surface area (Å²) in [4.78, 5) is 0. The highest BCUT2D eigenvalue weighted by molar-refractivity contribution is 5.84. The van der Waals surface area contributed by atoms with Crippen LogP contribution in [-0.4, -0.2) is 16.4 Å². The molecule has 0 amide bonds. The lowest BCUT2D eigenvalue weighted by Crippen LogP contribution is -2.38. The van der Waals surface area contributed by atoms with E-state index in [9.17, 15) is 0 Å². The molecule has 1 saturated carbocycles. The summed E-state index contributed by atoms with van der Waals surface area (Å²) < 4.78 is 8.39. The minimum atomic E-state index is -0.619. The van der Waals surface area contributed by atoms with Crippen LogP contribution in [0.1, 0.15) is 42.1 Å². The van der Waals surface area contributed by atoms with E-state index in [0.717, 1.165) is 41.3 Å². The Morgan fingerprint density at radius 2 is 1.31 bits per heavy atom. The average Bonchev–Trinajstić information content (AvgIpc) is 3.70. The van der Waals surface area contributed by atoms with Gasteiger partial charge in [0.15, 0.2) is 0 Å². The molecule has 3 heteroatoms. The van der Waals surface area contributed by atoms with Gasteiger partial charge in [0, 0.05) is 5.39 Å². The first-order valence-corrected chi connectivity index (χ1v) is 12.6. The Morgan fingerprint density at radius 1 is 0.771 bits per heavy atom. The Labute approximate surface area is 207 Å². The summed E-state index contributed by atoms with van der Waals surface area (Å²) in [6.07, 6.45) is 3.42. The third kappa shape index (κ3) is 3.81. The molecule has 1 aliphatic carbocycles. The highest BCUT2D eigenvalue weighted by Crippen LogP contribution is 2.43. The number of aryl methyl sites for hydroxylation is 1. The lowest BCUT2D eigenvalue weighted by atomic mass is 9.77. The van der Waals surface area contributed by atoms with Crippen LogP contribution in [0.25, 0.3) is 10.9 Å². The van der Waals surface area contributed by atoms with Gasteiger partial charge in [-0.2, -0.15) is 5.10 Å². The maximum Gasteiger partial charge on any atom is 0.138 e. The molecule has 174 valence electrons. The van der Waals surface area contributed by atoms with Gasteiger partial charge < -0.3 is 4.74 Å². The van der Waals surface area contributed by atoms with Gasteiger partial charge in [-0.15, -0.1) is 0 Å². The highest BCUT2D eigenvalue weighted by atomic mass is 16.5.